The van der Waals surface area contributed by atoms with Gasteiger partial charge in [0.15, 0.2) is 5.82 Å². The summed E-state index contributed by atoms with van der Waals surface area (Å²) in [4.78, 5) is 5.00. The highest BCUT2D eigenvalue weighted by atomic mass is 35.5. The minimum atomic E-state index is -0.00314. The maximum absolute atomic E-state index is 6.24. The number of rotatable bonds is 8. The molecule has 7 heteroatoms. The summed E-state index contributed by atoms with van der Waals surface area (Å²) in [7, 11) is 0. The average Bonchev–Trinajstić information content (AvgIpc) is 3.36. The molecule has 0 spiro atoms. The van der Waals surface area contributed by atoms with Crippen molar-refractivity contribution in [3.8, 4) is 0 Å². The quantitative estimate of drug-likeness (QED) is 0.338. The van der Waals surface area contributed by atoms with E-state index in [0.717, 1.165) is 54.7 Å². The minimum absolute atomic E-state index is 0.00314. The number of nitrogens with zero attached hydrogens (tertiary/aromatic N) is 6. The molecule has 0 N–H and O–H groups in total. The number of hydrogen-bond donors (Lipinski definition) is 0. The Morgan fingerprint density at radius 2 is 1.64 bits per heavy atom. The highest BCUT2D eigenvalue weighted by Gasteiger charge is 2.30. The van der Waals surface area contributed by atoms with Crippen LogP contribution < -0.4 is 0 Å². The van der Waals surface area contributed by atoms with Crippen LogP contribution in [0.1, 0.15) is 34.1 Å². The Kier molecular flexibility index (Phi) is 7.86. The van der Waals surface area contributed by atoms with Crippen LogP contribution in [0.5, 0.6) is 0 Å². The summed E-state index contributed by atoms with van der Waals surface area (Å²) < 4.78 is 1.93. The van der Waals surface area contributed by atoms with Crippen molar-refractivity contribution < 1.29 is 0 Å². The molecule has 0 saturated carbocycles. The molecule has 1 aliphatic rings. The van der Waals surface area contributed by atoms with E-state index in [1.165, 1.54) is 11.1 Å². The molecule has 3 aromatic carbocycles. The first-order chi connectivity index (χ1) is 17.7. The van der Waals surface area contributed by atoms with E-state index in [2.05, 4.69) is 98.1 Å². The molecule has 0 amide bonds. The van der Waals surface area contributed by atoms with Gasteiger partial charge in [-0.25, -0.2) is 4.68 Å². The van der Waals surface area contributed by atoms with Crippen LogP contribution in [0.15, 0.2) is 84.9 Å². The van der Waals surface area contributed by atoms with Gasteiger partial charge in [0.1, 0.15) is 0 Å². The SMILES string of the molecule is Cc1cc(Cn2nnnc2C(c2ccccc2)N2CCN(C/C=C/c3ccccc3)CC2)ccc1Cl. The summed E-state index contributed by atoms with van der Waals surface area (Å²) in [5.41, 5.74) is 4.63. The van der Waals surface area contributed by atoms with Crippen LogP contribution in [0.4, 0.5) is 0 Å². The molecule has 5 rings (SSSR count). The van der Waals surface area contributed by atoms with Gasteiger partial charge in [-0.1, -0.05) is 96.5 Å². The van der Waals surface area contributed by atoms with Crippen molar-refractivity contribution in [2.24, 2.45) is 0 Å². The van der Waals surface area contributed by atoms with Crippen LogP contribution in [0.25, 0.3) is 6.08 Å². The third kappa shape index (κ3) is 5.90. The second-order valence-corrected chi connectivity index (χ2v) is 9.65. The lowest BCUT2D eigenvalue weighted by Gasteiger charge is -2.38. The number of piperazine rings is 1. The molecule has 1 atom stereocenters. The van der Waals surface area contributed by atoms with E-state index in [0.29, 0.717) is 6.54 Å². The summed E-state index contributed by atoms with van der Waals surface area (Å²) in [6.07, 6.45) is 4.46. The van der Waals surface area contributed by atoms with Gasteiger partial charge >= 0.3 is 0 Å². The third-order valence-electron chi connectivity index (χ3n) is 6.72. The second kappa shape index (κ2) is 11.6. The molecule has 0 aliphatic carbocycles. The molecular weight excluding hydrogens is 468 g/mol. The molecule has 6 nitrogen and oxygen atoms in total. The van der Waals surface area contributed by atoms with Gasteiger partial charge in [0, 0.05) is 37.7 Å². The molecular formula is C29H31ClN6. The Labute approximate surface area is 217 Å². The van der Waals surface area contributed by atoms with Crippen LogP contribution in [-0.4, -0.2) is 62.7 Å². The van der Waals surface area contributed by atoms with Gasteiger partial charge in [0.25, 0.3) is 0 Å². The van der Waals surface area contributed by atoms with Gasteiger partial charge in [0.2, 0.25) is 0 Å². The fraction of sp³-hybridized carbons (Fsp3) is 0.276. The fourth-order valence-corrected chi connectivity index (χ4v) is 4.88. The Balaban J connectivity index is 1.31. The van der Waals surface area contributed by atoms with Crippen LogP contribution >= 0.6 is 11.6 Å². The lowest BCUT2D eigenvalue weighted by Crippen LogP contribution is -2.48. The third-order valence-corrected chi connectivity index (χ3v) is 7.14. The highest BCUT2D eigenvalue weighted by Crippen LogP contribution is 2.28. The number of tetrazole rings is 1. The fourth-order valence-electron chi connectivity index (χ4n) is 4.76. The summed E-state index contributed by atoms with van der Waals surface area (Å²) >= 11 is 6.24. The van der Waals surface area contributed by atoms with Gasteiger partial charge < -0.3 is 0 Å². The molecule has 1 unspecified atom stereocenters. The average molecular weight is 499 g/mol. The zero-order valence-corrected chi connectivity index (χ0v) is 21.3. The molecule has 2 heterocycles. The van der Waals surface area contributed by atoms with Crippen molar-refractivity contribution >= 4 is 17.7 Å². The number of benzene rings is 3. The summed E-state index contributed by atoms with van der Waals surface area (Å²) in [6, 6.07) is 27.1. The van der Waals surface area contributed by atoms with E-state index in [1.807, 2.05) is 29.8 Å². The van der Waals surface area contributed by atoms with Crippen LogP contribution in [0.3, 0.4) is 0 Å². The van der Waals surface area contributed by atoms with Gasteiger partial charge in [-0.15, -0.1) is 5.10 Å². The molecule has 1 saturated heterocycles. The van der Waals surface area contributed by atoms with E-state index < -0.39 is 0 Å². The smallest absolute Gasteiger partial charge is 0.173 e. The first-order valence-electron chi connectivity index (χ1n) is 12.4. The first kappa shape index (κ1) is 24.4. The molecule has 1 aliphatic heterocycles. The second-order valence-electron chi connectivity index (χ2n) is 9.24. The molecule has 1 aromatic heterocycles. The van der Waals surface area contributed by atoms with Crippen molar-refractivity contribution in [2.75, 3.05) is 32.7 Å². The van der Waals surface area contributed by atoms with Crippen LogP contribution in [-0.2, 0) is 6.54 Å². The van der Waals surface area contributed by atoms with Crippen molar-refractivity contribution in [1.82, 2.24) is 30.0 Å². The van der Waals surface area contributed by atoms with E-state index in [1.54, 1.807) is 0 Å². The van der Waals surface area contributed by atoms with E-state index in [-0.39, 0.29) is 6.04 Å². The summed E-state index contributed by atoms with van der Waals surface area (Å²) in [6.45, 7) is 7.48. The maximum atomic E-state index is 6.24. The number of aryl methyl sites for hydroxylation is 1. The summed E-state index contributed by atoms with van der Waals surface area (Å²) in [5.74, 6) is 0.867. The van der Waals surface area contributed by atoms with E-state index in [4.69, 9.17) is 11.6 Å². The largest absolute Gasteiger partial charge is 0.297 e. The van der Waals surface area contributed by atoms with Gasteiger partial charge in [-0.05, 0) is 45.7 Å². The predicted molar refractivity (Wildman–Crippen MR) is 145 cm³/mol. The highest BCUT2D eigenvalue weighted by molar-refractivity contribution is 6.31. The Morgan fingerprint density at radius 3 is 2.36 bits per heavy atom. The minimum Gasteiger partial charge on any atom is -0.297 e. The summed E-state index contributed by atoms with van der Waals surface area (Å²) in [5, 5.41) is 13.7. The molecule has 0 bridgehead atoms. The maximum Gasteiger partial charge on any atom is 0.173 e. The van der Waals surface area contributed by atoms with E-state index in [9.17, 15) is 0 Å². The van der Waals surface area contributed by atoms with E-state index >= 15 is 0 Å². The standard InChI is InChI=1S/C29H31ClN6/c1-23-21-25(14-15-27(23)30)22-36-29(31-32-33-36)28(26-12-6-3-7-13-26)35-19-17-34(18-20-35)16-8-11-24-9-4-2-5-10-24/h2-15,21,28H,16-20,22H2,1H3/b11-8+. The number of halogens is 1. The number of hydrogen-bond acceptors (Lipinski definition) is 5. The van der Waals surface area contributed by atoms with Crippen molar-refractivity contribution in [2.45, 2.75) is 19.5 Å². The predicted octanol–water partition coefficient (Wildman–Crippen LogP) is 5.10. The van der Waals surface area contributed by atoms with Crippen LogP contribution in [0.2, 0.25) is 5.02 Å². The lowest BCUT2D eigenvalue weighted by atomic mass is 10.0. The van der Waals surface area contributed by atoms with Gasteiger partial charge in [0.05, 0.1) is 12.6 Å². The lowest BCUT2D eigenvalue weighted by molar-refractivity contribution is 0.113. The zero-order valence-electron chi connectivity index (χ0n) is 20.5. The monoisotopic (exact) mass is 498 g/mol. The Morgan fingerprint density at radius 1 is 0.917 bits per heavy atom. The van der Waals surface area contributed by atoms with Gasteiger partial charge in [-0.3, -0.25) is 9.80 Å². The van der Waals surface area contributed by atoms with Crippen LogP contribution in [0, 0.1) is 6.92 Å². The topological polar surface area (TPSA) is 50.1 Å². The molecule has 0 radical (unpaired) electrons. The van der Waals surface area contributed by atoms with Crippen molar-refractivity contribution in [3.05, 3.63) is 118 Å². The number of aromatic nitrogens is 4. The normalized spacial score (nSPS) is 15.9. The Bertz CT molecular complexity index is 1280. The molecule has 1 fully saturated rings. The molecule has 4 aromatic rings. The van der Waals surface area contributed by atoms with Gasteiger partial charge in [-0.2, -0.15) is 0 Å². The molecule has 36 heavy (non-hydrogen) atoms. The molecule has 184 valence electrons. The van der Waals surface area contributed by atoms with Crippen molar-refractivity contribution in [1.29, 1.82) is 0 Å². The zero-order chi connectivity index (χ0) is 24.7. The first-order valence-corrected chi connectivity index (χ1v) is 12.8. The van der Waals surface area contributed by atoms with Crippen molar-refractivity contribution in [3.63, 3.8) is 0 Å². The Hall–Kier alpha value is -3.32.